The molecule has 1 aromatic heterocycles. The maximum absolute atomic E-state index is 4.76. The molecule has 100 valence electrons. The molecule has 2 aromatic carbocycles. The van der Waals surface area contributed by atoms with E-state index in [1.807, 2.05) is 18.2 Å². The largest absolute Gasteiger partial charge is 0.323 e. The van der Waals surface area contributed by atoms with Gasteiger partial charge in [0.05, 0.1) is 17.6 Å². The fraction of sp³-hybridized carbons (Fsp3) is 0.118. The smallest absolute Gasteiger partial charge is 0.114 e. The van der Waals surface area contributed by atoms with Crippen LogP contribution in [-0.2, 0) is 13.0 Å². The lowest BCUT2D eigenvalue weighted by Gasteiger charge is -2.08. The summed E-state index contributed by atoms with van der Waals surface area (Å²) in [5.41, 5.74) is 3.45. The molecule has 0 atom stereocenters. The Labute approximate surface area is 126 Å². The Hall–Kier alpha value is -1.87. The molecule has 0 N–H and O–H groups in total. The lowest BCUT2D eigenvalue weighted by atomic mass is 10.1. The van der Waals surface area contributed by atoms with Crippen LogP contribution in [0.4, 0.5) is 0 Å². The molecule has 0 aliphatic carbocycles. The first kappa shape index (κ1) is 13.1. The molecular formula is C17H15BrN2. The average Bonchev–Trinajstić information content (AvgIpc) is 2.78. The van der Waals surface area contributed by atoms with Gasteiger partial charge in [-0.05, 0) is 17.7 Å². The van der Waals surface area contributed by atoms with E-state index in [0.717, 1.165) is 34.3 Å². The van der Waals surface area contributed by atoms with Crippen molar-refractivity contribution in [1.82, 2.24) is 9.55 Å². The molecule has 0 saturated carbocycles. The molecular weight excluding hydrogens is 312 g/mol. The quantitative estimate of drug-likeness (QED) is 0.688. The van der Waals surface area contributed by atoms with Gasteiger partial charge in [0.1, 0.15) is 5.82 Å². The van der Waals surface area contributed by atoms with E-state index in [0.29, 0.717) is 0 Å². The van der Waals surface area contributed by atoms with E-state index in [9.17, 15) is 0 Å². The lowest BCUT2D eigenvalue weighted by molar-refractivity contribution is 0.776. The summed E-state index contributed by atoms with van der Waals surface area (Å²) in [6.45, 7) is 4.69. The van der Waals surface area contributed by atoms with Crippen molar-refractivity contribution in [2.24, 2.45) is 0 Å². The van der Waals surface area contributed by atoms with Gasteiger partial charge in [0, 0.05) is 10.9 Å². The minimum atomic E-state index is 0.739. The van der Waals surface area contributed by atoms with E-state index in [1.54, 1.807) is 0 Å². The third-order valence-corrected chi connectivity index (χ3v) is 3.52. The molecule has 0 spiro atoms. The molecule has 3 rings (SSSR count). The number of hydrogen-bond donors (Lipinski definition) is 0. The van der Waals surface area contributed by atoms with Gasteiger partial charge in [0.15, 0.2) is 0 Å². The van der Waals surface area contributed by atoms with E-state index in [1.165, 1.54) is 5.56 Å². The highest BCUT2D eigenvalue weighted by molar-refractivity contribution is 9.11. The summed E-state index contributed by atoms with van der Waals surface area (Å²) in [4.78, 5) is 4.76. The molecule has 3 aromatic rings. The predicted molar refractivity (Wildman–Crippen MR) is 87.0 cm³/mol. The fourth-order valence-corrected chi connectivity index (χ4v) is 2.64. The number of para-hydroxylation sites is 2. The number of halogens is 1. The summed E-state index contributed by atoms with van der Waals surface area (Å²) in [6, 6.07) is 18.6. The summed E-state index contributed by atoms with van der Waals surface area (Å²) >= 11 is 3.46. The van der Waals surface area contributed by atoms with Crippen molar-refractivity contribution in [2.45, 2.75) is 13.0 Å². The van der Waals surface area contributed by atoms with Crippen molar-refractivity contribution in [1.29, 1.82) is 0 Å². The van der Waals surface area contributed by atoms with Crippen molar-refractivity contribution in [2.75, 3.05) is 0 Å². The van der Waals surface area contributed by atoms with Crippen LogP contribution in [0.1, 0.15) is 11.4 Å². The zero-order chi connectivity index (χ0) is 13.9. The molecule has 3 heteroatoms. The maximum Gasteiger partial charge on any atom is 0.114 e. The summed E-state index contributed by atoms with van der Waals surface area (Å²) in [6.07, 6.45) is 0.829. The highest BCUT2D eigenvalue weighted by Crippen LogP contribution is 2.20. The predicted octanol–water partition coefficient (Wildman–Crippen LogP) is 4.54. The summed E-state index contributed by atoms with van der Waals surface area (Å²) in [5.74, 6) is 1.07. The Balaban J connectivity index is 2.07. The van der Waals surface area contributed by atoms with Gasteiger partial charge in [0.2, 0.25) is 0 Å². The van der Waals surface area contributed by atoms with Gasteiger partial charge in [-0.1, -0.05) is 65.0 Å². The van der Waals surface area contributed by atoms with Crippen LogP contribution in [-0.4, -0.2) is 9.55 Å². The second kappa shape index (κ2) is 5.63. The zero-order valence-electron chi connectivity index (χ0n) is 11.1. The molecule has 0 aliphatic rings. The molecule has 0 amide bonds. The van der Waals surface area contributed by atoms with E-state index < -0.39 is 0 Å². The molecule has 0 saturated heterocycles. The van der Waals surface area contributed by atoms with E-state index in [2.05, 4.69) is 63.5 Å². The minimum absolute atomic E-state index is 0.739. The summed E-state index contributed by atoms with van der Waals surface area (Å²) < 4.78 is 3.18. The first-order valence-electron chi connectivity index (χ1n) is 6.55. The van der Waals surface area contributed by atoms with Crippen LogP contribution in [0.15, 0.2) is 65.7 Å². The topological polar surface area (TPSA) is 17.8 Å². The van der Waals surface area contributed by atoms with Crippen LogP contribution < -0.4 is 0 Å². The van der Waals surface area contributed by atoms with Gasteiger partial charge in [-0.15, -0.1) is 0 Å². The number of allylic oxidation sites excluding steroid dienone is 1. The second-order valence-electron chi connectivity index (χ2n) is 4.78. The number of aromatic nitrogens is 2. The van der Waals surface area contributed by atoms with E-state index in [-0.39, 0.29) is 0 Å². The van der Waals surface area contributed by atoms with Gasteiger partial charge in [-0.3, -0.25) is 0 Å². The van der Waals surface area contributed by atoms with Crippen molar-refractivity contribution in [3.05, 3.63) is 77.0 Å². The average molecular weight is 327 g/mol. The Kier molecular flexibility index (Phi) is 3.70. The SMILES string of the molecule is C=C(Br)Cn1c(Cc2ccccc2)nc2ccccc21. The molecule has 0 radical (unpaired) electrons. The van der Waals surface area contributed by atoms with Gasteiger partial charge in [-0.2, -0.15) is 0 Å². The third-order valence-electron chi connectivity index (χ3n) is 3.27. The highest BCUT2D eigenvalue weighted by Gasteiger charge is 2.11. The van der Waals surface area contributed by atoms with Crippen molar-refractivity contribution in [3.8, 4) is 0 Å². The summed E-state index contributed by atoms with van der Waals surface area (Å²) in [7, 11) is 0. The molecule has 2 nitrogen and oxygen atoms in total. The van der Waals surface area contributed by atoms with Crippen LogP contribution in [0.5, 0.6) is 0 Å². The Morgan fingerprint density at radius 2 is 1.75 bits per heavy atom. The lowest BCUT2D eigenvalue weighted by Crippen LogP contribution is -2.04. The number of nitrogens with zero attached hydrogens (tertiary/aromatic N) is 2. The zero-order valence-corrected chi connectivity index (χ0v) is 12.7. The first-order valence-corrected chi connectivity index (χ1v) is 7.34. The first-order chi connectivity index (χ1) is 9.74. The number of imidazole rings is 1. The van der Waals surface area contributed by atoms with Crippen molar-refractivity contribution >= 4 is 27.0 Å². The maximum atomic E-state index is 4.76. The normalized spacial score (nSPS) is 10.8. The Morgan fingerprint density at radius 1 is 1.05 bits per heavy atom. The minimum Gasteiger partial charge on any atom is -0.323 e. The van der Waals surface area contributed by atoms with Gasteiger partial charge in [-0.25, -0.2) is 4.98 Å². The molecule has 0 aliphatic heterocycles. The van der Waals surface area contributed by atoms with Crippen LogP contribution >= 0.6 is 15.9 Å². The molecule has 0 unspecified atom stereocenters. The van der Waals surface area contributed by atoms with Crippen LogP contribution in [0.25, 0.3) is 11.0 Å². The van der Waals surface area contributed by atoms with Crippen LogP contribution in [0.3, 0.4) is 0 Å². The number of benzene rings is 2. The van der Waals surface area contributed by atoms with Gasteiger partial charge in [0.25, 0.3) is 0 Å². The number of fused-ring (bicyclic) bond motifs is 1. The van der Waals surface area contributed by atoms with Gasteiger partial charge < -0.3 is 4.57 Å². The van der Waals surface area contributed by atoms with E-state index in [4.69, 9.17) is 4.98 Å². The van der Waals surface area contributed by atoms with Crippen LogP contribution in [0.2, 0.25) is 0 Å². The van der Waals surface area contributed by atoms with Gasteiger partial charge >= 0.3 is 0 Å². The Bertz CT molecular complexity index is 744. The number of hydrogen-bond acceptors (Lipinski definition) is 1. The van der Waals surface area contributed by atoms with Crippen molar-refractivity contribution in [3.63, 3.8) is 0 Å². The molecule has 0 bridgehead atoms. The van der Waals surface area contributed by atoms with E-state index >= 15 is 0 Å². The highest BCUT2D eigenvalue weighted by atomic mass is 79.9. The van der Waals surface area contributed by atoms with Crippen LogP contribution in [0, 0.1) is 0 Å². The summed E-state index contributed by atoms with van der Waals surface area (Å²) in [5, 5.41) is 0. The van der Waals surface area contributed by atoms with Crippen molar-refractivity contribution < 1.29 is 0 Å². The standard InChI is InChI=1S/C17H15BrN2/c1-13(18)12-20-16-10-6-5-9-15(16)19-17(20)11-14-7-3-2-4-8-14/h2-10H,1,11-12H2. The molecule has 20 heavy (non-hydrogen) atoms. The molecule has 0 fully saturated rings. The second-order valence-corrected chi connectivity index (χ2v) is 5.90. The molecule has 1 heterocycles. The monoisotopic (exact) mass is 326 g/mol. The Morgan fingerprint density at radius 3 is 2.50 bits per heavy atom. The number of rotatable bonds is 4. The fourth-order valence-electron chi connectivity index (χ4n) is 2.39. The third kappa shape index (κ3) is 2.68.